The van der Waals surface area contributed by atoms with Gasteiger partial charge in [0.05, 0.1) is 46.0 Å². The zero-order chi connectivity index (χ0) is 39.5. The van der Waals surface area contributed by atoms with Crippen LogP contribution in [-0.4, -0.2) is 79.8 Å². The molecule has 306 valence electrons. The number of carbonyl (C=O) groups is 1. The summed E-state index contributed by atoms with van der Waals surface area (Å²) in [5.74, 6) is -0.285. The number of amides is 1. The average Bonchev–Trinajstić information content (AvgIpc) is 3.10. The number of likely N-dealkylation sites (N-methyl/N-ethyl adjacent to an activating group) is 1. The van der Waals surface area contributed by atoms with Crippen LogP contribution < -0.4 is 10.2 Å². The number of hydrogen-bond donors (Lipinski definition) is 3. The second kappa shape index (κ2) is 34.4. The fraction of sp³-hybridized carbons (Fsp3) is 0.698. The Bertz CT molecular complexity index is 1110. The lowest BCUT2D eigenvalue weighted by Gasteiger charge is -2.29. The van der Waals surface area contributed by atoms with E-state index in [1.807, 2.05) is 63.7 Å². The van der Waals surface area contributed by atoms with E-state index >= 15 is 0 Å². The number of nitrogens with one attached hydrogen (secondary N) is 1. The Kier molecular flexibility index (Phi) is 33.0. The van der Waals surface area contributed by atoms with Gasteiger partial charge in [-0.1, -0.05) is 151 Å². The van der Waals surface area contributed by atoms with Crippen LogP contribution in [-0.2, 0) is 18.4 Å². The van der Waals surface area contributed by atoms with Crippen LogP contribution in [0.2, 0.25) is 0 Å². The number of allylic oxidation sites excluding steroid dienone is 9. The van der Waals surface area contributed by atoms with Crippen LogP contribution in [0.4, 0.5) is 0 Å². The van der Waals surface area contributed by atoms with E-state index in [1.54, 1.807) is 12.2 Å². The monoisotopic (exact) mass is 765 g/mol. The van der Waals surface area contributed by atoms with Crippen LogP contribution in [0.1, 0.15) is 136 Å². The standard InChI is InChI=1S/C43H77N2O7P/c1-6-8-10-12-14-15-16-17-18-19-23-27-31-35-42(47)41(39-52-53(49,50)51-38-37-45(3,4)5)44-43(48)36-32-28-24-21-20-22-26-30-34-40(46)33-29-25-13-11-9-7-2/h9,11,21-22,24-26,29-31,34-35,40-42,46-47H,6-8,10,12-20,23,27-28,32-33,36-39H2,1-5H3,(H-,44,48,49,50)/b11-9-,24-21-,26-22-,29-25-,34-30+,35-31+/t40?,41-,42+/m0/s1. The lowest BCUT2D eigenvalue weighted by atomic mass is 10.0. The number of unbranched alkanes of at least 4 members (excludes halogenated alkanes) is 12. The van der Waals surface area contributed by atoms with Gasteiger partial charge < -0.3 is 34.0 Å². The minimum absolute atomic E-state index is 0.0265. The van der Waals surface area contributed by atoms with Crippen LogP contribution >= 0.6 is 7.82 Å². The van der Waals surface area contributed by atoms with Gasteiger partial charge in [0.2, 0.25) is 5.91 Å². The Morgan fingerprint density at radius 3 is 2.00 bits per heavy atom. The maximum absolute atomic E-state index is 12.8. The maximum atomic E-state index is 12.8. The van der Waals surface area contributed by atoms with E-state index in [-0.39, 0.29) is 18.9 Å². The highest BCUT2D eigenvalue weighted by Crippen LogP contribution is 2.38. The number of quaternary nitrogens is 1. The summed E-state index contributed by atoms with van der Waals surface area (Å²) < 4.78 is 23.1. The third-order valence-corrected chi connectivity index (χ3v) is 9.47. The number of phosphoric ester groups is 1. The molecule has 0 saturated carbocycles. The second-order valence-electron chi connectivity index (χ2n) is 14.8. The van der Waals surface area contributed by atoms with Crippen molar-refractivity contribution in [2.45, 2.75) is 154 Å². The van der Waals surface area contributed by atoms with Gasteiger partial charge in [-0.25, -0.2) is 0 Å². The van der Waals surface area contributed by atoms with Crippen LogP contribution in [0, 0.1) is 0 Å². The molecule has 0 spiro atoms. The van der Waals surface area contributed by atoms with Gasteiger partial charge in [0.15, 0.2) is 0 Å². The molecule has 1 amide bonds. The van der Waals surface area contributed by atoms with Crippen molar-refractivity contribution in [3.8, 4) is 0 Å². The molecule has 53 heavy (non-hydrogen) atoms. The van der Waals surface area contributed by atoms with E-state index in [0.29, 0.717) is 30.3 Å². The van der Waals surface area contributed by atoms with E-state index < -0.39 is 32.7 Å². The van der Waals surface area contributed by atoms with Crippen LogP contribution in [0.25, 0.3) is 0 Å². The summed E-state index contributed by atoms with van der Waals surface area (Å²) in [6.45, 7) is 4.37. The largest absolute Gasteiger partial charge is 0.756 e. The zero-order valence-electron chi connectivity index (χ0n) is 34.0. The van der Waals surface area contributed by atoms with Crippen molar-refractivity contribution in [2.24, 2.45) is 0 Å². The predicted molar refractivity (Wildman–Crippen MR) is 220 cm³/mol. The van der Waals surface area contributed by atoms with E-state index in [4.69, 9.17) is 9.05 Å². The SMILES string of the molecule is CC/C=C\C/C=C\CC(O)/C=C/C=C\C/C=C\CCCC(=O)N[C@@H](COP(=O)([O-])OCC[N+](C)(C)C)[C@H](O)/C=C/CCCCCCCCCCCCC. The molecule has 0 radical (unpaired) electrons. The molecule has 0 aromatic heterocycles. The Labute approximate surface area is 324 Å². The summed E-state index contributed by atoms with van der Waals surface area (Å²) in [4.78, 5) is 25.2. The zero-order valence-corrected chi connectivity index (χ0v) is 34.9. The summed E-state index contributed by atoms with van der Waals surface area (Å²) in [6, 6.07) is -0.938. The van der Waals surface area contributed by atoms with Crippen molar-refractivity contribution in [1.82, 2.24) is 5.32 Å². The molecule has 9 nitrogen and oxygen atoms in total. The third-order valence-electron chi connectivity index (χ3n) is 8.50. The fourth-order valence-corrected chi connectivity index (χ4v) is 5.93. The number of aliphatic hydroxyl groups excluding tert-OH is 2. The number of rotatable bonds is 35. The number of aliphatic hydroxyl groups is 2. The quantitative estimate of drug-likeness (QED) is 0.0193. The molecule has 0 saturated heterocycles. The molecule has 10 heteroatoms. The van der Waals surface area contributed by atoms with Gasteiger partial charge in [-0.2, -0.15) is 0 Å². The van der Waals surface area contributed by atoms with E-state index in [1.165, 1.54) is 57.8 Å². The molecule has 0 aromatic carbocycles. The minimum atomic E-state index is -4.62. The topological polar surface area (TPSA) is 128 Å². The molecular weight excluding hydrogens is 687 g/mol. The Balaban J connectivity index is 4.69. The molecule has 0 aliphatic carbocycles. The second-order valence-corrected chi connectivity index (χ2v) is 16.2. The molecule has 0 fully saturated rings. The molecule has 4 atom stereocenters. The first-order valence-corrected chi connectivity index (χ1v) is 21.9. The van der Waals surface area contributed by atoms with E-state index in [2.05, 4.69) is 37.4 Å². The molecule has 0 rings (SSSR count). The first-order chi connectivity index (χ1) is 25.4. The van der Waals surface area contributed by atoms with Crippen LogP contribution in [0.5, 0.6) is 0 Å². The van der Waals surface area contributed by atoms with Gasteiger partial charge in [-0.15, -0.1) is 0 Å². The lowest BCUT2D eigenvalue weighted by Crippen LogP contribution is -2.45. The first-order valence-electron chi connectivity index (χ1n) is 20.4. The van der Waals surface area contributed by atoms with Crippen molar-refractivity contribution in [3.05, 3.63) is 72.9 Å². The summed E-state index contributed by atoms with van der Waals surface area (Å²) >= 11 is 0. The number of carbonyl (C=O) groups excluding carboxylic acids is 1. The highest BCUT2D eigenvalue weighted by Gasteiger charge is 2.23. The van der Waals surface area contributed by atoms with Crippen molar-refractivity contribution in [1.29, 1.82) is 0 Å². The van der Waals surface area contributed by atoms with E-state index in [0.717, 1.165) is 38.5 Å². The molecule has 0 heterocycles. The van der Waals surface area contributed by atoms with E-state index in [9.17, 15) is 24.5 Å². The average molecular weight is 765 g/mol. The van der Waals surface area contributed by atoms with Gasteiger partial charge >= 0.3 is 0 Å². The number of nitrogens with zero attached hydrogens (tertiary/aromatic N) is 1. The predicted octanol–water partition coefficient (Wildman–Crippen LogP) is 9.19. The molecule has 0 aliphatic heterocycles. The fourth-order valence-electron chi connectivity index (χ4n) is 5.21. The summed E-state index contributed by atoms with van der Waals surface area (Å²) in [6.07, 6.45) is 41.2. The highest BCUT2D eigenvalue weighted by molar-refractivity contribution is 7.45. The van der Waals surface area contributed by atoms with Crippen molar-refractivity contribution in [2.75, 3.05) is 40.9 Å². The Morgan fingerprint density at radius 1 is 0.736 bits per heavy atom. The smallest absolute Gasteiger partial charge is 0.268 e. The van der Waals surface area contributed by atoms with Crippen molar-refractivity contribution >= 4 is 13.7 Å². The molecular formula is C43H77N2O7P. The van der Waals surface area contributed by atoms with Crippen LogP contribution in [0.15, 0.2) is 72.9 Å². The summed E-state index contributed by atoms with van der Waals surface area (Å²) in [7, 11) is 1.17. The lowest BCUT2D eigenvalue weighted by molar-refractivity contribution is -0.870. The summed E-state index contributed by atoms with van der Waals surface area (Å²) in [5.41, 5.74) is 0. The first kappa shape index (κ1) is 50.9. The highest BCUT2D eigenvalue weighted by atomic mass is 31.2. The van der Waals surface area contributed by atoms with Gasteiger partial charge in [-0.05, 0) is 51.4 Å². The number of phosphoric acid groups is 1. The van der Waals surface area contributed by atoms with Crippen molar-refractivity contribution < 1.29 is 38.0 Å². The molecule has 2 unspecified atom stereocenters. The maximum Gasteiger partial charge on any atom is 0.268 e. The van der Waals surface area contributed by atoms with Crippen LogP contribution in [0.3, 0.4) is 0 Å². The minimum Gasteiger partial charge on any atom is -0.756 e. The van der Waals surface area contributed by atoms with Gasteiger partial charge in [0.1, 0.15) is 13.2 Å². The Morgan fingerprint density at radius 2 is 1.34 bits per heavy atom. The third kappa shape index (κ3) is 36.6. The van der Waals surface area contributed by atoms with Crippen molar-refractivity contribution in [3.63, 3.8) is 0 Å². The molecule has 0 bridgehead atoms. The summed E-state index contributed by atoms with van der Waals surface area (Å²) in [5, 5.41) is 23.7. The normalized spacial score (nSPS) is 15.8. The molecule has 0 aliphatic rings. The molecule has 3 N–H and O–H groups in total. The van der Waals surface area contributed by atoms with Gasteiger partial charge in [0, 0.05) is 6.42 Å². The number of hydrogen-bond acceptors (Lipinski definition) is 7. The van der Waals surface area contributed by atoms with Gasteiger partial charge in [0.25, 0.3) is 7.82 Å². The molecule has 0 aromatic rings. The van der Waals surface area contributed by atoms with Gasteiger partial charge in [-0.3, -0.25) is 9.36 Å². The Hall–Kier alpha value is -2.10.